The first-order chi connectivity index (χ1) is 7.99. The molecule has 3 unspecified atom stereocenters. The Kier molecular flexibility index (Phi) is 5.29. The van der Waals surface area contributed by atoms with Gasteiger partial charge in [0, 0.05) is 12.5 Å². The van der Waals surface area contributed by atoms with Gasteiger partial charge in [-0.1, -0.05) is 6.42 Å². The van der Waals surface area contributed by atoms with Crippen molar-refractivity contribution in [1.29, 1.82) is 0 Å². The van der Waals surface area contributed by atoms with Gasteiger partial charge in [-0.25, -0.2) is 0 Å². The van der Waals surface area contributed by atoms with Crippen LogP contribution >= 0.6 is 0 Å². The average Bonchev–Trinajstić information content (AvgIpc) is 2.29. The molecule has 3 atom stereocenters. The zero-order valence-corrected chi connectivity index (χ0v) is 9.76. The Hall–Kier alpha value is -0.730. The molecule has 0 aromatic rings. The third-order valence-electron chi connectivity index (χ3n) is 3.56. The molecule has 17 heavy (non-hydrogen) atoms. The zero-order valence-electron chi connectivity index (χ0n) is 9.76. The van der Waals surface area contributed by atoms with Crippen molar-refractivity contribution in [3.63, 3.8) is 0 Å². The highest BCUT2D eigenvalue weighted by molar-refractivity contribution is 4.89. The van der Waals surface area contributed by atoms with Gasteiger partial charge in [0.15, 0.2) is 0 Å². The van der Waals surface area contributed by atoms with Crippen molar-refractivity contribution in [3.05, 3.63) is 0 Å². The summed E-state index contributed by atoms with van der Waals surface area (Å²) in [6, 6.07) is -0.101. The lowest BCUT2D eigenvalue weighted by molar-refractivity contribution is -0.186. The van der Waals surface area contributed by atoms with Crippen LogP contribution in [0, 0.1) is 24.2 Å². The molecule has 0 amide bonds. The van der Waals surface area contributed by atoms with Crippen LogP contribution in [0.25, 0.3) is 0 Å². The molecule has 1 aliphatic rings. The lowest BCUT2D eigenvalue weighted by Gasteiger charge is -2.34. The molecule has 5 heteroatoms. The van der Waals surface area contributed by atoms with Crippen LogP contribution in [0.5, 0.6) is 0 Å². The van der Waals surface area contributed by atoms with Crippen LogP contribution in [0.15, 0.2) is 0 Å². The molecule has 3 N–H and O–H groups in total. The fraction of sp³-hybridized carbons (Fsp3) is 0.833. The molecule has 0 heterocycles. The van der Waals surface area contributed by atoms with Crippen LogP contribution < -0.4 is 11.3 Å². The van der Waals surface area contributed by atoms with Crippen molar-refractivity contribution in [3.8, 4) is 12.3 Å². The number of nitrogens with one attached hydrogen (secondary N) is 1. The largest absolute Gasteiger partial charge is 0.391 e. The molecular formula is C12H19F3N2. The van der Waals surface area contributed by atoms with Gasteiger partial charge >= 0.3 is 6.18 Å². The van der Waals surface area contributed by atoms with Crippen molar-refractivity contribution in [2.75, 3.05) is 0 Å². The Labute approximate surface area is 100 Å². The predicted molar refractivity (Wildman–Crippen MR) is 60.7 cm³/mol. The summed E-state index contributed by atoms with van der Waals surface area (Å²) in [5, 5.41) is 0. The first-order valence-electron chi connectivity index (χ1n) is 5.95. The number of alkyl halides is 3. The Morgan fingerprint density at radius 2 is 2.12 bits per heavy atom. The van der Waals surface area contributed by atoms with Crippen LogP contribution in [0.1, 0.15) is 38.5 Å². The number of halogens is 3. The first-order valence-corrected chi connectivity index (χ1v) is 5.95. The molecule has 1 fully saturated rings. The van der Waals surface area contributed by atoms with Gasteiger partial charge in [-0.2, -0.15) is 13.2 Å². The molecule has 0 bridgehead atoms. The second-order valence-corrected chi connectivity index (χ2v) is 4.68. The summed E-state index contributed by atoms with van der Waals surface area (Å²) in [4.78, 5) is 0. The highest BCUT2D eigenvalue weighted by atomic mass is 19.4. The lowest BCUT2D eigenvalue weighted by atomic mass is 9.76. The van der Waals surface area contributed by atoms with Crippen molar-refractivity contribution >= 4 is 0 Å². The van der Waals surface area contributed by atoms with E-state index in [-0.39, 0.29) is 24.8 Å². The third kappa shape index (κ3) is 4.21. The lowest BCUT2D eigenvalue weighted by Crippen LogP contribution is -2.44. The van der Waals surface area contributed by atoms with E-state index in [0.29, 0.717) is 19.3 Å². The number of rotatable bonds is 4. The summed E-state index contributed by atoms with van der Waals surface area (Å²) in [7, 11) is 0. The van der Waals surface area contributed by atoms with Gasteiger partial charge in [-0.15, -0.1) is 12.3 Å². The maximum atomic E-state index is 12.7. The normalized spacial score (nSPS) is 27.5. The van der Waals surface area contributed by atoms with E-state index in [1.165, 1.54) is 0 Å². The number of terminal acetylenes is 1. The van der Waals surface area contributed by atoms with E-state index in [2.05, 4.69) is 11.3 Å². The first kappa shape index (κ1) is 14.3. The van der Waals surface area contributed by atoms with Crippen molar-refractivity contribution in [1.82, 2.24) is 5.43 Å². The van der Waals surface area contributed by atoms with Gasteiger partial charge in [-0.05, 0) is 31.6 Å². The van der Waals surface area contributed by atoms with E-state index >= 15 is 0 Å². The SMILES string of the molecule is C#CCCC(NN)C1CCCC(C(F)(F)F)C1. The van der Waals surface area contributed by atoms with Crippen molar-refractivity contribution < 1.29 is 13.2 Å². The summed E-state index contributed by atoms with van der Waals surface area (Å²) in [5.41, 5.74) is 2.62. The molecule has 1 rings (SSSR count). The summed E-state index contributed by atoms with van der Waals surface area (Å²) in [6.45, 7) is 0. The minimum atomic E-state index is -4.08. The second kappa shape index (κ2) is 6.27. The average molecular weight is 248 g/mol. The Balaban J connectivity index is 2.55. The van der Waals surface area contributed by atoms with Crippen LogP contribution in [-0.2, 0) is 0 Å². The van der Waals surface area contributed by atoms with E-state index in [4.69, 9.17) is 12.3 Å². The number of nitrogens with two attached hydrogens (primary N) is 1. The fourth-order valence-corrected chi connectivity index (χ4v) is 2.58. The molecule has 98 valence electrons. The van der Waals surface area contributed by atoms with Crippen LogP contribution in [0.4, 0.5) is 13.2 Å². The molecule has 0 aromatic carbocycles. The highest BCUT2D eigenvalue weighted by Gasteiger charge is 2.43. The van der Waals surface area contributed by atoms with Gasteiger partial charge < -0.3 is 0 Å². The van der Waals surface area contributed by atoms with Crippen LogP contribution in [0.2, 0.25) is 0 Å². The van der Waals surface area contributed by atoms with Gasteiger partial charge in [-0.3, -0.25) is 11.3 Å². The van der Waals surface area contributed by atoms with Gasteiger partial charge in [0.05, 0.1) is 5.92 Å². The zero-order chi connectivity index (χ0) is 12.9. The second-order valence-electron chi connectivity index (χ2n) is 4.68. The summed E-state index contributed by atoms with van der Waals surface area (Å²) in [5.74, 6) is 6.70. The topological polar surface area (TPSA) is 38.0 Å². The summed E-state index contributed by atoms with van der Waals surface area (Å²) < 4.78 is 38.0. The van der Waals surface area contributed by atoms with Gasteiger partial charge in [0.1, 0.15) is 0 Å². The smallest absolute Gasteiger partial charge is 0.271 e. The monoisotopic (exact) mass is 248 g/mol. The molecular weight excluding hydrogens is 229 g/mol. The van der Waals surface area contributed by atoms with Gasteiger partial charge in [0.25, 0.3) is 0 Å². The Bertz CT molecular complexity index is 270. The molecule has 0 aliphatic heterocycles. The minimum Gasteiger partial charge on any atom is -0.271 e. The molecule has 0 spiro atoms. The molecule has 0 aromatic heterocycles. The van der Waals surface area contributed by atoms with E-state index in [1.807, 2.05) is 0 Å². The highest BCUT2D eigenvalue weighted by Crippen LogP contribution is 2.41. The van der Waals surface area contributed by atoms with E-state index < -0.39 is 12.1 Å². The van der Waals surface area contributed by atoms with E-state index in [1.54, 1.807) is 0 Å². The third-order valence-corrected chi connectivity index (χ3v) is 3.56. The fourth-order valence-electron chi connectivity index (χ4n) is 2.58. The molecule has 1 saturated carbocycles. The van der Waals surface area contributed by atoms with E-state index in [0.717, 1.165) is 6.42 Å². The van der Waals surface area contributed by atoms with Crippen LogP contribution in [-0.4, -0.2) is 12.2 Å². The van der Waals surface area contributed by atoms with E-state index in [9.17, 15) is 13.2 Å². The molecule has 0 radical (unpaired) electrons. The maximum absolute atomic E-state index is 12.7. The predicted octanol–water partition coefficient (Wildman–Crippen LogP) is 2.60. The van der Waals surface area contributed by atoms with Crippen LogP contribution in [0.3, 0.4) is 0 Å². The van der Waals surface area contributed by atoms with Crippen molar-refractivity contribution in [2.24, 2.45) is 17.7 Å². The minimum absolute atomic E-state index is 0.0197. The Morgan fingerprint density at radius 1 is 1.41 bits per heavy atom. The quantitative estimate of drug-likeness (QED) is 0.456. The summed E-state index contributed by atoms with van der Waals surface area (Å²) >= 11 is 0. The maximum Gasteiger partial charge on any atom is 0.391 e. The molecule has 1 aliphatic carbocycles. The van der Waals surface area contributed by atoms with Gasteiger partial charge in [0.2, 0.25) is 0 Å². The number of hydrogen-bond donors (Lipinski definition) is 2. The standard InChI is InChI=1S/C12H19F3N2/c1-2-3-7-11(17-16)9-5-4-6-10(8-9)12(13,14)15/h1,9-11,17H,3-8,16H2. The molecule has 0 saturated heterocycles. The Morgan fingerprint density at radius 3 is 2.65 bits per heavy atom. The van der Waals surface area contributed by atoms with Crippen molar-refractivity contribution in [2.45, 2.75) is 50.7 Å². The number of hydrazine groups is 1. The number of hydrogen-bond acceptors (Lipinski definition) is 2. The molecule has 2 nitrogen and oxygen atoms in total. The summed E-state index contributed by atoms with van der Waals surface area (Å²) in [6.07, 6.45) is 4.09.